The molecule has 1 aromatic carbocycles. The van der Waals surface area contributed by atoms with E-state index >= 15 is 0 Å². The third-order valence-corrected chi connectivity index (χ3v) is 4.78. The number of guanidine groups is 1. The van der Waals surface area contributed by atoms with Crippen molar-refractivity contribution in [3.8, 4) is 0 Å². The predicted molar refractivity (Wildman–Crippen MR) is 118 cm³/mol. The Kier molecular flexibility index (Phi) is 12.7. The van der Waals surface area contributed by atoms with Gasteiger partial charge < -0.3 is 20.5 Å². The van der Waals surface area contributed by atoms with E-state index in [4.69, 9.17) is 4.74 Å². The molecule has 148 valence electrons. The van der Waals surface area contributed by atoms with Gasteiger partial charge >= 0.3 is 0 Å². The highest BCUT2D eigenvalue weighted by atomic mass is 127. The second-order valence-electron chi connectivity index (χ2n) is 6.65. The number of aliphatic imine (C=N–C) groups is 1. The van der Waals surface area contributed by atoms with E-state index in [1.807, 2.05) is 30.3 Å². The van der Waals surface area contributed by atoms with Gasteiger partial charge in [-0.05, 0) is 18.4 Å². The van der Waals surface area contributed by atoms with Gasteiger partial charge in [0.05, 0.1) is 19.3 Å². The van der Waals surface area contributed by atoms with Crippen LogP contribution in [0.4, 0.5) is 0 Å². The lowest BCUT2D eigenvalue weighted by Crippen LogP contribution is -2.41. The number of nitrogens with zero attached hydrogens (tertiary/aromatic N) is 1. The van der Waals surface area contributed by atoms with E-state index in [2.05, 4.69) is 15.6 Å². The van der Waals surface area contributed by atoms with Crippen molar-refractivity contribution in [2.75, 3.05) is 33.4 Å². The van der Waals surface area contributed by atoms with Crippen LogP contribution in [0.5, 0.6) is 0 Å². The maximum absolute atomic E-state index is 9.63. The first kappa shape index (κ1) is 23.2. The third kappa shape index (κ3) is 8.68. The number of halogens is 1. The fourth-order valence-electron chi connectivity index (χ4n) is 3.26. The molecule has 5 nitrogen and oxygen atoms in total. The second-order valence-corrected chi connectivity index (χ2v) is 6.65. The number of rotatable bonds is 8. The number of aliphatic hydroxyl groups is 1. The molecule has 0 aromatic heterocycles. The lowest BCUT2D eigenvalue weighted by atomic mass is 10.0. The summed E-state index contributed by atoms with van der Waals surface area (Å²) in [6, 6.07) is 10.1. The van der Waals surface area contributed by atoms with E-state index in [0.717, 1.165) is 18.1 Å². The van der Waals surface area contributed by atoms with Gasteiger partial charge in [-0.1, -0.05) is 56.0 Å². The Morgan fingerprint density at radius 1 is 1.15 bits per heavy atom. The number of nitrogens with one attached hydrogen (secondary N) is 2. The van der Waals surface area contributed by atoms with Crippen LogP contribution in [0.3, 0.4) is 0 Å². The van der Waals surface area contributed by atoms with E-state index in [1.165, 1.54) is 38.5 Å². The first-order chi connectivity index (χ1) is 12.3. The largest absolute Gasteiger partial charge is 0.396 e. The summed E-state index contributed by atoms with van der Waals surface area (Å²) in [6.07, 6.45) is 8.11. The summed E-state index contributed by atoms with van der Waals surface area (Å²) in [5, 5.41) is 16.2. The van der Waals surface area contributed by atoms with Crippen LogP contribution in [0, 0.1) is 0 Å². The zero-order valence-electron chi connectivity index (χ0n) is 15.8. The zero-order valence-corrected chi connectivity index (χ0v) is 18.2. The molecule has 0 amide bonds. The Labute approximate surface area is 175 Å². The van der Waals surface area contributed by atoms with Crippen molar-refractivity contribution >= 4 is 29.9 Å². The molecule has 1 aliphatic carbocycles. The molecule has 0 spiro atoms. The molecule has 3 N–H and O–H groups in total. The number of aliphatic hydroxyl groups excluding tert-OH is 1. The van der Waals surface area contributed by atoms with Crippen LogP contribution in [0.15, 0.2) is 35.3 Å². The van der Waals surface area contributed by atoms with E-state index < -0.39 is 0 Å². The maximum atomic E-state index is 9.63. The highest BCUT2D eigenvalue weighted by Crippen LogP contribution is 2.19. The molecule has 1 fully saturated rings. The molecule has 0 bridgehead atoms. The minimum absolute atomic E-state index is 0. The van der Waals surface area contributed by atoms with E-state index in [0.29, 0.717) is 19.3 Å². The van der Waals surface area contributed by atoms with Crippen molar-refractivity contribution in [3.63, 3.8) is 0 Å². The van der Waals surface area contributed by atoms with E-state index in [9.17, 15) is 5.11 Å². The van der Waals surface area contributed by atoms with Gasteiger partial charge in [0.25, 0.3) is 0 Å². The highest BCUT2D eigenvalue weighted by molar-refractivity contribution is 14.0. The van der Waals surface area contributed by atoms with Gasteiger partial charge in [0.15, 0.2) is 5.96 Å². The standard InChI is InChI=1S/C20H33N3O2.HI/c1-21-20(22-13-14-25-19-11-7-2-3-8-12-19)23-15-18(16-24)17-9-5-4-6-10-17;/h4-6,9-10,18-19,24H,2-3,7-8,11-16H2,1H3,(H2,21,22,23);1H. The smallest absolute Gasteiger partial charge is 0.191 e. The fourth-order valence-corrected chi connectivity index (χ4v) is 3.26. The van der Waals surface area contributed by atoms with Crippen LogP contribution in [0.25, 0.3) is 0 Å². The van der Waals surface area contributed by atoms with Gasteiger partial charge in [-0.3, -0.25) is 4.99 Å². The lowest BCUT2D eigenvalue weighted by molar-refractivity contribution is 0.0468. The van der Waals surface area contributed by atoms with Gasteiger partial charge in [-0.15, -0.1) is 24.0 Å². The number of benzene rings is 1. The highest BCUT2D eigenvalue weighted by Gasteiger charge is 2.13. The second kappa shape index (κ2) is 14.2. The number of ether oxygens (including phenoxy) is 1. The molecule has 1 unspecified atom stereocenters. The molecule has 26 heavy (non-hydrogen) atoms. The van der Waals surface area contributed by atoms with Crippen molar-refractivity contribution in [2.24, 2.45) is 4.99 Å². The fraction of sp³-hybridized carbons (Fsp3) is 0.650. The molecular formula is C20H34IN3O2. The van der Waals surface area contributed by atoms with Crippen LogP contribution in [0.1, 0.15) is 50.0 Å². The van der Waals surface area contributed by atoms with E-state index in [1.54, 1.807) is 7.05 Å². The predicted octanol–water partition coefficient (Wildman–Crippen LogP) is 3.28. The summed E-state index contributed by atoms with van der Waals surface area (Å²) in [5.74, 6) is 0.806. The van der Waals surface area contributed by atoms with Gasteiger partial charge in [0, 0.05) is 26.1 Å². The van der Waals surface area contributed by atoms with Crippen LogP contribution < -0.4 is 10.6 Å². The van der Waals surface area contributed by atoms with E-state index in [-0.39, 0.29) is 36.5 Å². The molecule has 0 radical (unpaired) electrons. The minimum atomic E-state index is 0. The normalized spacial score (nSPS) is 17.1. The van der Waals surface area contributed by atoms with Gasteiger partial charge in [0.1, 0.15) is 0 Å². The number of hydrogen-bond donors (Lipinski definition) is 3. The van der Waals surface area contributed by atoms with Gasteiger partial charge in [0.2, 0.25) is 0 Å². The monoisotopic (exact) mass is 475 g/mol. The summed E-state index contributed by atoms with van der Waals surface area (Å²) < 4.78 is 5.99. The molecule has 1 atom stereocenters. The Morgan fingerprint density at radius 3 is 2.46 bits per heavy atom. The lowest BCUT2D eigenvalue weighted by Gasteiger charge is -2.19. The van der Waals surface area contributed by atoms with Crippen molar-refractivity contribution in [2.45, 2.75) is 50.5 Å². The van der Waals surface area contributed by atoms with Crippen LogP contribution in [0.2, 0.25) is 0 Å². The molecule has 0 aliphatic heterocycles. The molecule has 1 saturated carbocycles. The molecule has 0 heterocycles. The minimum Gasteiger partial charge on any atom is -0.396 e. The molecular weight excluding hydrogens is 441 g/mol. The summed E-state index contributed by atoms with van der Waals surface area (Å²) in [6.45, 7) is 2.20. The van der Waals surface area contributed by atoms with Crippen LogP contribution in [-0.2, 0) is 4.74 Å². The third-order valence-electron chi connectivity index (χ3n) is 4.78. The Balaban J connectivity index is 0.00000338. The Hall–Kier alpha value is -0.860. The van der Waals surface area contributed by atoms with Gasteiger partial charge in [-0.2, -0.15) is 0 Å². The van der Waals surface area contributed by atoms with Crippen molar-refractivity contribution in [3.05, 3.63) is 35.9 Å². The van der Waals surface area contributed by atoms with Crippen molar-refractivity contribution in [1.29, 1.82) is 0 Å². The average molecular weight is 475 g/mol. The first-order valence-corrected chi connectivity index (χ1v) is 9.55. The topological polar surface area (TPSA) is 65.9 Å². The Bertz CT molecular complexity index is 491. The number of hydrogen-bond acceptors (Lipinski definition) is 3. The molecule has 6 heteroatoms. The molecule has 1 aliphatic rings. The van der Waals surface area contributed by atoms with Crippen molar-refractivity contribution in [1.82, 2.24) is 10.6 Å². The summed E-state index contributed by atoms with van der Waals surface area (Å²) in [5.41, 5.74) is 1.13. The first-order valence-electron chi connectivity index (χ1n) is 9.55. The summed E-state index contributed by atoms with van der Waals surface area (Å²) in [7, 11) is 1.76. The summed E-state index contributed by atoms with van der Waals surface area (Å²) in [4.78, 5) is 4.24. The maximum Gasteiger partial charge on any atom is 0.191 e. The Morgan fingerprint density at radius 2 is 1.85 bits per heavy atom. The quantitative estimate of drug-likeness (QED) is 0.178. The van der Waals surface area contributed by atoms with Gasteiger partial charge in [-0.25, -0.2) is 0 Å². The zero-order chi connectivity index (χ0) is 17.7. The van der Waals surface area contributed by atoms with Crippen molar-refractivity contribution < 1.29 is 9.84 Å². The SMILES string of the molecule is CN=C(NCCOC1CCCCCC1)NCC(CO)c1ccccc1.I. The van der Waals surface area contributed by atoms with Crippen LogP contribution >= 0.6 is 24.0 Å². The van der Waals surface area contributed by atoms with Crippen LogP contribution in [-0.4, -0.2) is 50.5 Å². The molecule has 1 aromatic rings. The molecule has 0 saturated heterocycles. The average Bonchev–Trinajstić information content (AvgIpc) is 2.93. The summed E-state index contributed by atoms with van der Waals surface area (Å²) >= 11 is 0. The molecule has 2 rings (SSSR count).